The van der Waals surface area contributed by atoms with Gasteiger partial charge in [-0.1, -0.05) is 11.3 Å². The van der Waals surface area contributed by atoms with Gasteiger partial charge >= 0.3 is 4.87 Å². The maximum absolute atomic E-state index is 11.0. The van der Waals surface area contributed by atoms with Crippen LogP contribution in [0.5, 0.6) is 0 Å². The van der Waals surface area contributed by atoms with Crippen molar-refractivity contribution in [3.05, 3.63) is 44.5 Å². The number of aromatic nitrogens is 1. The molecule has 0 saturated heterocycles. The van der Waals surface area contributed by atoms with Gasteiger partial charge in [0.25, 0.3) is 0 Å². The lowest BCUT2D eigenvalue weighted by molar-refractivity contribution is 0.100. The molecule has 18 heavy (non-hydrogen) atoms. The van der Waals surface area contributed by atoms with Crippen LogP contribution in [0.1, 0.15) is 16.1 Å². The molecule has 6 nitrogen and oxygen atoms in total. The number of nitrogens with two attached hydrogens (primary N) is 2. The summed E-state index contributed by atoms with van der Waals surface area (Å²) < 4.78 is 0. The van der Waals surface area contributed by atoms with Crippen molar-refractivity contribution in [1.82, 2.24) is 4.98 Å². The van der Waals surface area contributed by atoms with E-state index in [1.54, 1.807) is 17.5 Å². The van der Waals surface area contributed by atoms with Crippen LogP contribution >= 0.6 is 11.3 Å². The summed E-state index contributed by atoms with van der Waals surface area (Å²) in [5.41, 5.74) is 13.2. The number of thiazole rings is 1. The molecular weight excluding hydrogens is 252 g/mol. The molecule has 0 spiro atoms. The molecule has 0 saturated carbocycles. The molecular formula is C11H12N4O2S. The molecule has 0 unspecified atom stereocenters. The van der Waals surface area contributed by atoms with Gasteiger partial charge in [0.15, 0.2) is 0 Å². The number of carbonyl (C=O) groups excluding carboxylic acids is 1. The van der Waals surface area contributed by atoms with Gasteiger partial charge in [-0.05, 0) is 18.2 Å². The summed E-state index contributed by atoms with van der Waals surface area (Å²) in [7, 11) is 0. The summed E-state index contributed by atoms with van der Waals surface area (Å²) in [6.45, 7) is 0.457. The fourth-order valence-corrected chi connectivity index (χ4v) is 2.05. The molecule has 1 heterocycles. The van der Waals surface area contributed by atoms with Gasteiger partial charge in [-0.25, -0.2) is 0 Å². The monoisotopic (exact) mass is 264 g/mol. The number of carbonyl (C=O) groups is 1. The lowest BCUT2D eigenvalue weighted by Crippen LogP contribution is -2.12. The Kier molecular flexibility index (Phi) is 3.33. The van der Waals surface area contributed by atoms with E-state index in [0.717, 1.165) is 17.0 Å². The fourth-order valence-electron chi connectivity index (χ4n) is 1.47. The second kappa shape index (κ2) is 4.92. The van der Waals surface area contributed by atoms with Gasteiger partial charge in [0.05, 0.1) is 17.9 Å². The molecule has 7 heteroatoms. The van der Waals surface area contributed by atoms with Crippen molar-refractivity contribution in [3.8, 4) is 0 Å². The zero-order chi connectivity index (χ0) is 13.1. The molecule has 0 atom stereocenters. The smallest absolute Gasteiger partial charge is 0.304 e. The Morgan fingerprint density at radius 3 is 2.78 bits per heavy atom. The van der Waals surface area contributed by atoms with Crippen molar-refractivity contribution in [1.29, 1.82) is 0 Å². The Morgan fingerprint density at radius 1 is 1.44 bits per heavy atom. The predicted molar refractivity (Wildman–Crippen MR) is 71.6 cm³/mol. The minimum Gasteiger partial charge on any atom is -0.397 e. The van der Waals surface area contributed by atoms with Crippen LogP contribution in [0.25, 0.3) is 0 Å². The van der Waals surface area contributed by atoms with Gasteiger partial charge in [-0.2, -0.15) is 0 Å². The molecule has 2 aromatic rings. The lowest BCUT2D eigenvalue weighted by Gasteiger charge is -2.09. The minimum atomic E-state index is -0.518. The highest BCUT2D eigenvalue weighted by molar-refractivity contribution is 7.07. The van der Waals surface area contributed by atoms with Crippen molar-refractivity contribution >= 4 is 28.6 Å². The van der Waals surface area contributed by atoms with Gasteiger partial charge in [0, 0.05) is 16.6 Å². The van der Waals surface area contributed by atoms with Crippen molar-refractivity contribution in [2.24, 2.45) is 5.73 Å². The van der Waals surface area contributed by atoms with Gasteiger partial charge in [-0.15, -0.1) is 0 Å². The Morgan fingerprint density at radius 2 is 2.22 bits per heavy atom. The van der Waals surface area contributed by atoms with Crippen LogP contribution in [0.15, 0.2) is 28.4 Å². The largest absolute Gasteiger partial charge is 0.397 e. The molecule has 2 rings (SSSR count). The third-order valence-electron chi connectivity index (χ3n) is 2.38. The molecule has 1 aromatic carbocycles. The number of hydrogen-bond donors (Lipinski definition) is 4. The molecule has 0 radical (unpaired) electrons. The van der Waals surface area contributed by atoms with Crippen LogP contribution in [-0.4, -0.2) is 10.9 Å². The summed E-state index contributed by atoms with van der Waals surface area (Å²) in [5.74, 6) is -0.518. The van der Waals surface area contributed by atoms with Crippen LogP contribution in [0.3, 0.4) is 0 Å². The van der Waals surface area contributed by atoms with E-state index in [4.69, 9.17) is 11.5 Å². The number of nitrogens with one attached hydrogen (secondary N) is 2. The van der Waals surface area contributed by atoms with E-state index in [-0.39, 0.29) is 4.87 Å². The van der Waals surface area contributed by atoms with E-state index >= 15 is 0 Å². The zero-order valence-corrected chi connectivity index (χ0v) is 10.2. The summed E-state index contributed by atoms with van der Waals surface area (Å²) in [6.07, 6.45) is 0. The Hall–Kier alpha value is -2.28. The van der Waals surface area contributed by atoms with Crippen LogP contribution < -0.4 is 21.7 Å². The third-order valence-corrected chi connectivity index (χ3v) is 3.09. The van der Waals surface area contributed by atoms with E-state index in [0.29, 0.717) is 23.5 Å². The van der Waals surface area contributed by atoms with E-state index in [9.17, 15) is 9.59 Å². The third kappa shape index (κ3) is 2.69. The first kappa shape index (κ1) is 12.2. The Bertz CT molecular complexity index is 632. The molecule has 94 valence electrons. The zero-order valence-electron chi connectivity index (χ0n) is 9.40. The summed E-state index contributed by atoms with van der Waals surface area (Å²) in [4.78, 5) is 24.5. The average Bonchev–Trinajstić information content (AvgIpc) is 2.73. The Labute approximate surface area is 107 Å². The normalized spacial score (nSPS) is 10.2. The molecule has 1 aromatic heterocycles. The standard InChI is InChI=1S/C11H12N4O2S/c12-8-3-6(10(13)16)1-2-9(8)14-4-7-5-18-11(17)15-7/h1-3,5,14H,4,12H2,(H2,13,16)(H,15,17). The SMILES string of the molecule is NC(=O)c1ccc(NCc2csc(=O)[nH]2)c(N)c1. The number of rotatable bonds is 4. The molecule has 0 bridgehead atoms. The maximum atomic E-state index is 11.0. The number of H-pyrrole nitrogens is 1. The molecule has 0 fully saturated rings. The first-order valence-corrected chi connectivity index (χ1v) is 6.04. The highest BCUT2D eigenvalue weighted by Gasteiger charge is 2.05. The summed E-state index contributed by atoms with van der Waals surface area (Å²) in [5, 5.41) is 4.81. The topological polar surface area (TPSA) is 114 Å². The maximum Gasteiger partial charge on any atom is 0.304 e. The van der Waals surface area contributed by atoms with Crippen molar-refractivity contribution in [3.63, 3.8) is 0 Å². The van der Waals surface area contributed by atoms with Gasteiger partial charge in [-0.3, -0.25) is 9.59 Å². The number of anilines is 2. The number of benzene rings is 1. The van der Waals surface area contributed by atoms with Gasteiger partial charge < -0.3 is 21.8 Å². The molecule has 0 aliphatic carbocycles. The highest BCUT2D eigenvalue weighted by atomic mass is 32.1. The minimum absolute atomic E-state index is 0.0937. The van der Waals surface area contributed by atoms with Gasteiger partial charge in [0.1, 0.15) is 0 Å². The second-order valence-electron chi connectivity index (χ2n) is 3.69. The summed E-state index contributed by atoms with van der Waals surface area (Å²) >= 11 is 1.11. The number of nitrogen functional groups attached to an aromatic ring is 1. The second-order valence-corrected chi connectivity index (χ2v) is 4.54. The van der Waals surface area contributed by atoms with Crippen LogP contribution in [0.2, 0.25) is 0 Å². The lowest BCUT2D eigenvalue weighted by atomic mass is 10.1. The van der Waals surface area contributed by atoms with E-state index in [2.05, 4.69) is 10.3 Å². The predicted octanol–water partition coefficient (Wildman–Crippen LogP) is 0.730. The van der Waals surface area contributed by atoms with Crippen molar-refractivity contribution < 1.29 is 4.79 Å². The van der Waals surface area contributed by atoms with Crippen LogP contribution in [-0.2, 0) is 6.54 Å². The molecule has 0 aliphatic rings. The number of primary amides is 1. The quantitative estimate of drug-likeness (QED) is 0.609. The fraction of sp³-hybridized carbons (Fsp3) is 0.0909. The van der Waals surface area contributed by atoms with E-state index < -0.39 is 5.91 Å². The number of aromatic amines is 1. The number of hydrogen-bond acceptors (Lipinski definition) is 5. The van der Waals surface area contributed by atoms with E-state index in [1.807, 2.05) is 0 Å². The van der Waals surface area contributed by atoms with Crippen LogP contribution in [0, 0.1) is 0 Å². The average molecular weight is 264 g/mol. The van der Waals surface area contributed by atoms with E-state index in [1.165, 1.54) is 6.07 Å². The Balaban J connectivity index is 2.10. The van der Waals surface area contributed by atoms with Crippen LogP contribution in [0.4, 0.5) is 11.4 Å². The summed E-state index contributed by atoms with van der Waals surface area (Å²) in [6, 6.07) is 4.79. The first-order chi connectivity index (χ1) is 8.56. The molecule has 1 amide bonds. The first-order valence-electron chi connectivity index (χ1n) is 5.16. The molecule has 6 N–H and O–H groups in total. The number of amides is 1. The highest BCUT2D eigenvalue weighted by Crippen LogP contribution is 2.20. The van der Waals surface area contributed by atoms with Gasteiger partial charge in [0.2, 0.25) is 5.91 Å². The molecule has 0 aliphatic heterocycles. The van der Waals surface area contributed by atoms with Crippen molar-refractivity contribution in [2.45, 2.75) is 6.54 Å². The van der Waals surface area contributed by atoms with Crippen molar-refractivity contribution in [2.75, 3.05) is 11.1 Å².